The Morgan fingerprint density at radius 1 is 1.09 bits per heavy atom. The van der Waals surface area contributed by atoms with E-state index in [9.17, 15) is 17.6 Å². The fourth-order valence-electron chi connectivity index (χ4n) is 3.74. The highest BCUT2D eigenvalue weighted by Gasteiger charge is 2.36. The van der Waals surface area contributed by atoms with E-state index in [0.29, 0.717) is 18.6 Å². The summed E-state index contributed by atoms with van der Waals surface area (Å²) in [4.78, 5) is 15.8. The van der Waals surface area contributed by atoms with Crippen LogP contribution in [0.15, 0.2) is 30.6 Å². The number of hydrogen-bond acceptors (Lipinski definition) is 6. The molecular weight excluding hydrogens is 426 g/mol. The lowest BCUT2D eigenvalue weighted by Crippen LogP contribution is -2.43. The van der Waals surface area contributed by atoms with E-state index in [1.165, 1.54) is 16.8 Å². The number of nitrogens with zero attached hydrogens (tertiary/aromatic N) is 6. The minimum Gasteiger partial charge on any atom is -0.368 e. The molecule has 2 N–H and O–H groups in total. The number of benzene rings is 1. The Hall–Kier alpha value is -3.05. The zero-order chi connectivity index (χ0) is 23.0. The van der Waals surface area contributed by atoms with Crippen LogP contribution < -0.4 is 5.73 Å². The Morgan fingerprint density at radius 3 is 2.47 bits per heavy atom. The fourth-order valence-corrected chi connectivity index (χ4v) is 3.74. The van der Waals surface area contributed by atoms with Gasteiger partial charge in [0.2, 0.25) is 5.95 Å². The molecule has 11 heteroatoms. The molecule has 3 heterocycles. The van der Waals surface area contributed by atoms with Crippen molar-refractivity contribution in [2.75, 3.05) is 39.0 Å². The van der Waals surface area contributed by atoms with Crippen molar-refractivity contribution in [3.63, 3.8) is 0 Å². The summed E-state index contributed by atoms with van der Waals surface area (Å²) in [5.41, 5.74) is 4.96. The van der Waals surface area contributed by atoms with Crippen LogP contribution in [0.2, 0.25) is 0 Å². The second kappa shape index (κ2) is 8.47. The van der Waals surface area contributed by atoms with Gasteiger partial charge in [-0.25, -0.2) is 19.3 Å². The third kappa shape index (κ3) is 4.58. The van der Waals surface area contributed by atoms with Gasteiger partial charge in [0.15, 0.2) is 0 Å². The lowest BCUT2D eigenvalue weighted by atomic mass is 10.1. The predicted molar refractivity (Wildman–Crippen MR) is 111 cm³/mol. The summed E-state index contributed by atoms with van der Waals surface area (Å²) in [6.07, 6.45) is -2.73. The third-order valence-electron chi connectivity index (χ3n) is 5.51. The molecule has 0 aliphatic carbocycles. The van der Waals surface area contributed by atoms with E-state index >= 15 is 0 Å². The molecule has 7 nitrogen and oxygen atoms in total. The van der Waals surface area contributed by atoms with Gasteiger partial charge in [0.05, 0.1) is 5.69 Å². The van der Waals surface area contributed by atoms with Crippen LogP contribution in [0.3, 0.4) is 0 Å². The fraction of sp³-hybridized carbons (Fsp3) is 0.381. The highest BCUT2D eigenvalue weighted by molar-refractivity contribution is 5.61. The summed E-state index contributed by atoms with van der Waals surface area (Å²) in [7, 11) is 2.07. The quantitative estimate of drug-likeness (QED) is 0.617. The third-order valence-corrected chi connectivity index (χ3v) is 5.51. The number of rotatable bonds is 4. The molecule has 2 aromatic heterocycles. The highest BCUT2D eigenvalue weighted by Crippen LogP contribution is 2.36. The Morgan fingerprint density at radius 2 is 1.81 bits per heavy atom. The van der Waals surface area contributed by atoms with Crippen LogP contribution in [-0.4, -0.2) is 62.5 Å². The maximum absolute atomic E-state index is 15.0. The van der Waals surface area contributed by atoms with Gasteiger partial charge in [-0.15, -0.1) is 0 Å². The minimum atomic E-state index is -4.68. The van der Waals surface area contributed by atoms with E-state index in [0.717, 1.165) is 31.7 Å². The van der Waals surface area contributed by atoms with Crippen LogP contribution in [0.1, 0.15) is 17.0 Å². The van der Waals surface area contributed by atoms with Crippen molar-refractivity contribution in [2.24, 2.45) is 0 Å². The van der Waals surface area contributed by atoms with Gasteiger partial charge in [0.1, 0.15) is 28.6 Å². The molecule has 0 amide bonds. The molecule has 0 spiro atoms. The summed E-state index contributed by atoms with van der Waals surface area (Å²) < 4.78 is 56.6. The van der Waals surface area contributed by atoms with Crippen LogP contribution in [0.5, 0.6) is 0 Å². The molecular formula is C21H23F4N7. The average molecular weight is 449 g/mol. The Balaban J connectivity index is 1.63. The Kier molecular flexibility index (Phi) is 5.87. The first-order chi connectivity index (χ1) is 15.1. The van der Waals surface area contributed by atoms with E-state index in [4.69, 9.17) is 5.73 Å². The number of imidazole rings is 1. The number of likely N-dealkylation sites (N-methyl/N-ethyl adjacent to an activating group) is 1. The summed E-state index contributed by atoms with van der Waals surface area (Å²) in [5, 5.41) is 0. The molecule has 3 aromatic rings. The monoisotopic (exact) mass is 449 g/mol. The van der Waals surface area contributed by atoms with Crippen molar-refractivity contribution in [1.82, 2.24) is 29.3 Å². The molecule has 0 bridgehead atoms. The average Bonchev–Trinajstić information content (AvgIpc) is 3.10. The number of hydrogen-bond donors (Lipinski definition) is 1. The normalized spacial score (nSPS) is 15.9. The van der Waals surface area contributed by atoms with Gasteiger partial charge in [-0.2, -0.15) is 13.2 Å². The molecule has 1 aliphatic rings. The van der Waals surface area contributed by atoms with Crippen LogP contribution in [-0.2, 0) is 12.7 Å². The summed E-state index contributed by atoms with van der Waals surface area (Å²) >= 11 is 0. The van der Waals surface area contributed by atoms with Crippen LogP contribution in [0.4, 0.5) is 23.5 Å². The number of piperazine rings is 1. The first kappa shape index (κ1) is 22.2. The van der Waals surface area contributed by atoms with Crippen LogP contribution >= 0.6 is 0 Å². The standard InChI is InChI=1S/C21H23F4N7/c1-13-28-17(19-15(21(23,24)25)10-27-20(26)29-19)12-32(13)18-4-3-14(9-16(18)22)11-31-7-5-30(2)6-8-31/h3-4,9-10,12H,5-8,11H2,1-2H3,(H2,26,27,29). The van der Waals surface area contributed by atoms with Crippen molar-refractivity contribution < 1.29 is 17.6 Å². The molecule has 0 saturated carbocycles. The molecule has 1 aliphatic heterocycles. The van der Waals surface area contributed by atoms with Gasteiger partial charge in [-0.05, 0) is 31.7 Å². The van der Waals surface area contributed by atoms with Crippen molar-refractivity contribution in [2.45, 2.75) is 19.6 Å². The molecule has 0 radical (unpaired) electrons. The molecule has 0 unspecified atom stereocenters. The Labute approximate surface area is 182 Å². The van der Waals surface area contributed by atoms with E-state index in [1.807, 2.05) is 6.07 Å². The predicted octanol–water partition coefficient (Wildman–Crippen LogP) is 3.13. The molecule has 170 valence electrons. The van der Waals surface area contributed by atoms with Gasteiger partial charge < -0.3 is 15.2 Å². The first-order valence-corrected chi connectivity index (χ1v) is 10.1. The van der Waals surface area contributed by atoms with Crippen molar-refractivity contribution in [3.05, 3.63) is 53.4 Å². The lowest BCUT2D eigenvalue weighted by molar-refractivity contribution is -0.137. The molecule has 1 aromatic carbocycles. The van der Waals surface area contributed by atoms with Gasteiger partial charge in [-0.1, -0.05) is 6.07 Å². The van der Waals surface area contributed by atoms with E-state index in [2.05, 4.69) is 31.8 Å². The lowest BCUT2D eigenvalue weighted by Gasteiger charge is -2.32. The number of aromatic nitrogens is 4. The topological polar surface area (TPSA) is 76.1 Å². The zero-order valence-corrected chi connectivity index (χ0v) is 17.7. The van der Waals surface area contributed by atoms with Crippen molar-refractivity contribution in [3.8, 4) is 17.1 Å². The summed E-state index contributed by atoms with van der Waals surface area (Å²) in [6, 6.07) is 4.88. The van der Waals surface area contributed by atoms with E-state index in [1.54, 1.807) is 13.0 Å². The molecule has 1 fully saturated rings. The number of aryl methyl sites for hydroxylation is 1. The van der Waals surface area contributed by atoms with Crippen LogP contribution in [0, 0.1) is 12.7 Å². The number of anilines is 1. The van der Waals surface area contributed by atoms with E-state index < -0.39 is 23.3 Å². The summed E-state index contributed by atoms with van der Waals surface area (Å²) in [6.45, 7) is 5.96. The SMILES string of the molecule is Cc1nc(-c2nc(N)ncc2C(F)(F)F)cn1-c1ccc(CN2CCN(C)CC2)cc1F. The second-order valence-electron chi connectivity index (χ2n) is 7.90. The van der Waals surface area contributed by atoms with Gasteiger partial charge in [0.25, 0.3) is 0 Å². The van der Waals surface area contributed by atoms with E-state index in [-0.39, 0.29) is 17.3 Å². The number of nitrogens with two attached hydrogens (primary N) is 1. The molecule has 4 rings (SSSR count). The van der Waals surface area contributed by atoms with Crippen molar-refractivity contribution >= 4 is 5.95 Å². The zero-order valence-electron chi connectivity index (χ0n) is 17.7. The first-order valence-electron chi connectivity index (χ1n) is 10.1. The Bertz CT molecular complexity index is 1120. The van der Waals surface area contributed by atoms with Crippen molar-refractivity contribution in [1.29, 1.82) is 0 Å². The van der Waals surface area contributed by atoms with Gasteiger partial charge in [-0.3, -0.25) is 4.90 Å². The van der Waals surface area contributed by atoms with Gasteiger partial charge >= 0.3 is 6.18 Å². The molecule has 0 atom stereocenters. The number of alkyl halides is 3. The second-order valence-corrected chi connectivity index (χ2v) is 7.90. The maximum Gasteiger partial charge on any atom is 0.420 e. The largest absolute Gasteiger partial charge is 0.420 e. The number of halogens is 4. The summed E-state index contributed by atoms with van der Waals surface area (Å²) in [5.74, 6) is -0.474. The van der Waals surface area contributed by atoms with Gasteiger partial charge in [0, 0.05) is 45.1 Å². The van der Waals surface area contributed by atoms with Crippen LogP contribution in [0.25, 0.3) is 17.1 Å². The minimum absolute atomic E-state index is 0.0650. The molecule has 32 heavy (non-hydrogen) atoms. The highest BCUT2D eigenvalue weighted by atomic mass is 19.4. The maximum atomic E-state index is 15.0. The smallest absolute Gasteiger partial charge is 0.368 e. The molecule has 1 saturated heterocycles. The number of nitrogen functional groups attached to an aromatic ring is 1.